The SMILES string of the molecule is CCC(CC)NC(=O)c1ccc(CN(C)S(=O)(=O)c2ccc(C)cc2)cc1. The van der Waals surface area contributed by atoms with Crippen LogP contribution in [0.4, 0.5) is 0 Å². The Kier molecular flexibility index (Phi) is 7.16. The van der Waals surface area contributed by atoms with Crippen molar-refractivity contribution in [2.45, 2.75) is 51.1 Å². The molecule has 0 unspecified atom stereocenters. The molecule has 0 bridgehead atoms. The third kappa shape index (κ3) is 5.40. The van der Waals surface area contributed by atoms with E-state index in [9.17, 15) is 13.2 Å². The number of nitrogens with one attached hydrogen (secondary N) is 1. The maximum atomic E-state index is 12.7. The zero-order chi connectivity index (χ0) is 20.0. The highest BCUT2D eigenvalue weighted by molar-refractivity contribution is 7.89. The molecule has 2 rings (SSSR count). The van der Waals surface area contributed by atoms with Gasteiger partial charge in [0.1, 0.15) is 0 Å². The summed E-state index contributed by atoms with van der Waals surface area (Å²) >= 11 is 0. The van der Waals surface area contributed by atoms with Crippen LogP contribution < -0.4 is 5.32 Å². The van der Waals surface area contributed by atoms with E-state index < -0.39 is 10.0 Å². The molecular formula is C21H28N2O3S. The van der Waals surface area contributed by atoms with E-state index in [1.165, 1.54) is 4.31 Å². The molecule has 27 heavy (non-hydrogen) atoms. The lowest BCUT2D eigenvalue weighted by Gasteiger charge is -2.18. The Morgan fingerprint density at radius 3 is 2.07 bits per heavy atom. The smallest absolute Gasteiger partial charge is 0.251 e. The van der Waals surface area contributed by atoms with Crippen LogP contribution in [0.25, 0.3) is 0 Å². The van der Waals surface area contributed by atoms with Crippen LogP contribution in [-0.2, 0) is 16.6 Å². The number of nitrogens with zero attached hydrogens (tertiary/aromatic N) is 1. The van der Waals surface area contributed by atoms with E-state index in [-0.39, 0.29) is 23.4 Å². The predicted molar refractivity (Wildman–Crippen MR) is 108 cm³/mol. The fraction of sp³-hybridized carbons (Fsp3) is 0.381. The average molecular weight is 389 g/mol. The molecule has 0 aromatic heterocycles. The van der Waals surface area contributed by atoms with Crippen molar-refractivity contribution in [1.82, 2.24) is 9.62 Å². The molecule has 0 aliphatic rings. The minimum atomic E-state index is -3.55. The van der Waals surface area contributed by atoms with Crippen molar-refractivity contribution >= 4 is 15.9 Å². The summed E-state index contributed by atoms with van der Waals surface area (Å²) in [4.78, 5) is 12.5. The number of amides is 1. The van der Waals surface area contributed by atoms with E-state index in [1.807, 2.05) is 20.8 Å². The van der Waals surface area contributed by atoms with Crippen molar-refractivity contribution in [2.24, 2.45) is 0 Å². The molecular weight excluding hydrogens is 360 g/mol. The van der Waals surface area contributed by atoms with Crippen molar-refractivity contribution in [3.8, 4) is 0 Å². The maximum absolute atomic E-state index is 12.7. The lowest BCUT2D eigenvalue weighted by Crippen LogP contribution is -2.33. The summed E-state index contributed by atoms with van der Waals surface area (Å²) in [6.07, 6.45) is 1.78. The Morgan fingerprint density at radius 1 is 1.00 bits per heavy atom. The molecule has 0 saturated carbocycles. The summed E-state index contributed by atoms with van der Waals surface area (Å²) in [6.45, 7) is 6.25. The van der Waals surface area contributed by atoms with Crippen LogP contribution in [0.1, 0.15) is 48.2 Å². The minimum Gasteiger partial charge on any atom is -0.349 e. The second kappa shape index (κ2) is 9.15. The summed E-state index contributed by atoms with van der Waals surface area (Å²) in [5.41, 5.74) is 2.42. The van der Waals surface area contributed by atoms with E-state index >= 15 is 0 Å². The van der Waals surface area contributed by atoms with Gasteiger partial charge in [-0.3, -0.25) is 4.79 Å². The van der Waals surface area contributed by atoms with Crippen LogP contribution in [-0.4, -0.2) is 31.7 Å². The van der Waals surface area contributed by atoms with E-state index in [0.29, 0.717) is 5.56 Å². The Balaban J connectivity index is 2.07. The van der Waals surface area contributed by atoms with E-state index in [1.54, 1.807) is 55.6 Å². The van der Waals surface area contributed by atoms with Gasteiger partial charge in [0.05, 0.1) is 4.90 Å². The first-order chi connectivity index (χ1) is 12.8. The highest BCUT2D eigenvalue weighted by Crippen LogP contribution is 2.17. The standard InChI is InChI=1S/C21H28N2O3S/c1-5-19(6-2)22-21(24)18-11-9-17(10-12-18)15-23(4)27(25,26)20-13-7-16(3)8-14-20/h7-14,19H,5-6,15H2,1-4H3,(H,22,24). The van der Waals surface area contributed by atoms with Gasteiger partial charge in [-0.1, -0.05) is 43.7 Å². The van der Waals surface area contributed by atoms with Crippen molar-refractivity contribution < 1.29 is 13.2 Å². The number of carbonyl (C=O) groups is 1. The summed E-state index contributed by atoms with van der Waals surface area (Å²) in [6, 6.07) is 14.0. The number of sulfonamides is 1. The van der Waals surface area contributed by atoms with Crippen LogP contribution in [0.3, 0.4) is 0 Å². The predicted octanol–water partition coefficient (Wildman–Crippen LogP) is 3.73. The van der Waals surface area contributed by atoms with Gasteiger partial charge in [0.25, 0.3) is 5.91 Å². The van der Waals surface area contributed by atoms with Crippen molar-refractivity contribution in [3.05, 3.63) is 65.2 Å². The van der Waals surface area contributed by atoms with Crippen molar-refractivity contribution in [1.29, 1.82) is 0 Å². The molecule has 146 valence electrons. The summed E-state index contributed by atoms with van der Waals surface area (Å²) < 4.78 is 26.7. The zero-order valence-corrected chi connectivity index (χ0v) is 17.2. The van der Waals surface area contributed by atoms with Gasteiger partial charge in [-0.05, 0) is 49.6 Å². The highest BCUT2D eigenvalue weighted by atomic mass is 32.2. The zero-order valence-electron chi connectivity index (χ0n) is 16.4. The van der Waals surface area contributed by atoms with Gasteiger partial charge in [-0.25, -0.2) is 8.42 Å². The maximum Gasteiger partial charge on any atom is 0.251 e. The van der Waals surface area contributed by atoms with Crippen LogP contribution >= 0.6 is 0 Å². The number of hydrogen-bond donors (Lipinski definition) is 1. The Bertz CT molecular complexity index is 855. The summed E-state index contributed by atoms with van der Waals surface area (Å²) in [5.74, 6) is -0.101. The van der Waals surface area contributed by atoms with E-state index in [2.05, 4.69) is 5.32 Å². The molecule has 5 nitrogen and oxygen atoms in total. The van der Waals surface area contributed by atoms with Crippen LogP contribution in [0, 0.1) is 6.92 Å². The monoisotopic (exact) mass is 388 g/mol. The third-order valence-electron chi connectivity index (χ3n) is 4.67. The number of carbonyl (C=O) groups excluding carboxylic acids is 1. The largest absolute Gasteiger partial charge is 0.349 e. The number of rotatable bonds is 8. The lowest BCUT2D eigenvalue weighted by atomic mass is 10.1. The van der Waals surface area contributed by atoms with Crippen LogP contribution in [0.15, 0.2) is 53.4 Å². The normalized spacial score (nSPS) is 11.8. The van der Waals surface area contributed by atoms with Gasteiger partial charge in [-0.2, -0.15) is 4.31 Å². The van der Waals surface area contributed by atoms with Crippen LogP contribution in [0.2, 0.25) is 0 Å². The second-order valence-corrected chi connectivity index (χ2v) is 8.80. The van der Waals surface area contributed by atoms with Gasteiger partial charge in [0, 0.05) is 25.2 Å². The fourth-order valence-electron chi connectivity index (χ4n) is 2.76. The molecule has 0 aliphatic heterocycles. The highest BCUT2D eigenvalue weighted by Gasteiger charge is 2.20. The molecule has 2 aromatic rings. The molecule has 0 aliphatic carbocycles. The first-order valence-corrected chi connectivity index (χ1v) is 10.6. The van der Waals surface area contributed by atoms with Gasteiger partial charge < -0.3 is 5.32 Å². The quantitative estimate of drug-likeness (QED) is 0.749. The molecule has 0 atom stereocenters. The Morgan fingerprint density at radius 2 is 1.56 bits per heavy atom. The lowest BCUT2D eigenvalue weighted by molar-refractivity contribution is 0.0935. The molecule has 0 saturated heterocycles. The Labute approximate surface area is 162 Å². The topological polar surface area (TPSA) is 66.5 Å². The molecule has 0 heterocycles. The number of hydrogen-bond acceptors (Lipinski definition) is 3. The first-order valence-electron chi connectivity index (χ1n) is 9.20. The Hall–Kier alpha value is -2.18. The molecule has 6 heteroatoms. The number of aryl methyl sites for hydroxylation is 1. The van der Waals surface area contributed by atoms with Crippen LogP contribution in [0.5, 0.6) is 0 Å². The van der Waals surface area contributed by atoms with Crippen molar-refractivity contribution in [2.75, 3.05) is 7.05 Å². The fourth-order valence-corrected chi connectivity index (χ4v) is 3.91. The second-order valence-electron chi connectivity index (χ2n) is 6.76. The number of benzene rings is 2. The summed E-state index contributed by atoms with van der Waals surface area (Å²) in [5, 5.41) is 3.00. The molecule has 2 aromatic carbocycles. The van der Waals surface area contributed by atoms with E-state index in [4.69, 9.17) is 0 Å². The minimum absolute atomic E-state index is 0.101. The summed E-state index contributed by atoms with van der Waals surface area (Å²) in [7, 11) is -1.99. The first kappa shape index (κ1) is 21.1. The molecule has 0 spiro atoms. The molecule has 1 N–H and O–H groups in total. The average Bonchev–Trinajstić information content (AvgIpc) is 2.66. The van der Waals surface area contributed by atoms with E-state index in [0.717, 1.165) is 24.0 Å². The van der Waals surface area contributed by atoms with Gasteiger partial charge in [-0.15, -0.1) is 0 Å². The van der Waals surface area contributed by atoms with Gasteiger partial charge >= 0.3 is 0 Å². The molecule has 0 radical (unpaired) electrons. The van der Waals surface area contributed by atoms with Gasteiger partial charge in [0.2, 0.25) is 10.0 Å². The molecule has 1 amide bonds. The van der Waals surface area contributed by atoms with Crippen molar-refractivity contribution in [3.63, 3.8) is 0 Å². The molecule has 0 fully saturated rings. The van der Waals surface area contributed by atoms with Gasteiger partial charge in [0.15, 0.2) is 0 Å². The third-order valence-corrected chi connectivity index (χ3v) is 6.49.